The number of rotatable bonds is 1. The molecule has 0 rings (SSSR count). The first-order valence-electron chi connectivity index (χ1n) is 2.82. The molecule has 0 radical (unpaired) electrons. The fraction of sp³-hybridized carbons (Fsp3) is 0.833. The summed E-state index contributed by atoms with van der Waals surface area (Å²) in [4.78, 5) is 10.3. The minimum absolute atomic E-state index is 0.316. The first-order valence-corrected chi connectivity index (χ1v) is 2.82. The largest absolute Gasteiger partial charge is 0.349 e. The summed E-state index contributed by atoms with van der Waals surface area (Å²) in [5.41, 5.74) is -0.316. The number of amides is 1. The Morgan fingerprint density at radius 3 is 2.11 bits per heavy atom. The molecule has 9 heavy (non-hydrogen) atoms. The van der Waals surface area contributed by atoms with Crippen LogP contribution in [-0.2, 0) is 4.79 Å². The van der Waals surface area contributed by atoms with E-state index in [1.165, 1.54) is 0 Å². The summed E-state index contributed by atoms with van der Waals surface area (Å²) in [6.45, 7) is 4.49. The lowest BCUT2D eigenvalue weighted by Crippen LogP contribution is -2.41. The van der Waals surface area contributed by atoms with Gasteiger partial charge < -0.3 is 5.32 Å². The molecule has 0 aliphatic rings. The van der Waals surface area contributed by atoms with Crippen LogP contribution in [0.2, 0.25) is 0 Å². The van der Waals surface area contributed by atoms with Crippen LogP contribution < -0.4 is 5.32 Å². The molecule has 0 aromatic heterocycles. The van der Waals surface area contributed by atoms with Gasteiger partial charge in [0.15, 0.2) is 6.67 Å². The summed E-state index contributed by atoms with van der Waals surface area (Å²) in [6.07, 6.45) is 0. The molecule has 3 heteroatoms. The van der Waals surface area contributed by atoms with E-state index < -0.39 is 12.6 Å². The number of hydrogen-bond donors (Lipinski definition) is 1. The molecule has 0 aromatic rings. The van der Waals surface area contributed by atoms with Gasteiger partial charge in [0.05, 0.1) is 0 Å². The van der Waals surface area contributed by atoms with E-state index in [9.17, 15) is 9.18 Å². The molecule has 0 heterocycles. The van der Waals surface area contributed by atoms with Crippen molar-refractivity contribution >= 4 is 5.91 Å². The van der Waals surface area contributed by atoms with Gasteiger partial charge in [-0.1, -0.05) is 0 Å². The molecule has 0 saturated heterocycles. The molecule has 0 saturated carbocycles. The normalized spacial score (nSPS) is 11.1. The number of carbonyl (C=O) groups excluding carboxylic acids is 1. The lowest BCUT2D eigenvalue weighted by Gasteiger charge is -2.18. The van der Waals surface area contributed by atoms with E-state index in [-0.39, 0.29) is 5.54 Å². The Hall–Kier alpha value is -0.600. The van der Waals surface area contributed by atoms with Crippen molar-refractivity contribution in [2.45, 2.75) is 26.3 Å². The van der Waals surface area contributed by atoms with Gasteiger partial charge in [0.1, 0.15) is 0 Å². The quantitative estimate of drug-likeness (QED) is 0.565. The van der Waals surface area contributed by atoms with Gasteiger partial charge in [-0.2, -0.15) is 0 Å². The Kier molecular flexibility index (Phi) is 2.62. The second-order valence-corrected chi connectivity index (χ2v) is 2.93. The van der Waals surface area contributed by atoms with Crippen LogP contribution in [0.3, 0.4) is 0 Å². The lowest BCUT2D eigenvalue weighted by atomic mass is 10.1. The molecule has 0 unspecified atom stereocenters. The monoisotopic (exact) mass is 133 g/mol. The highest BCUT2D eigenvalue weighted by molar-refractivity contribution is 5.77. The minimum Gasteiger partial charge on any atom is -0.349 e. The third kappa shape index (κ3) is 5.27. The van der Waals surface area contributed by atoms with E-state index in [2.05, 4.69) is 5.32 Å². The molecule has 54 valence electrons. The Bertz CT molecular complexity index is 106. The first-order chi connectivity index (χ1) is 3.95. The first kappa shape index (κ1) is 8.40. The second-order valence-electron chi connectivity index (χ2n) is 2.93. The zero-order valence-electron chi connectivity index (χ0n) is 5.99. The number of halogens is 1. The number of alkyl halides is 1. The summed E-state index contributed by atoms with van der Waals surface area (Å²) in [6, 6.07) is 0. The Morgan fingerprint density at radius 1 is 1.56 bits per heavy atom. The van der Waals surface area contributed by atoms with E-state index in [0.717, 1.165) is 0 Å². The second kappa shape index (κ2) is 2.80. The van der Waals surface area contributed by atoms with Crippen molar-refractivity contribution < 1.29 is 9.18 Å². The molecule has 0 aromatic carbocycles. The van der Waals surface area contributed by atoms with E-state index in [1.807, 2.05) is 0 Å². The van der Waals surface area contributed by atoms with Gasteiger partial charge in [-0.25, -0.2) is 4.39 Å². The van der Waals surface area contributed by atoms with Crippen LogP contribution in [-0.4, -0.2) is 18.1 Å². The summed E-state index contributed by atoms with van der Waals surface area (Å²) in [5.74, 6) is -0.553. The van der Waals surface area contributed by atoms with Gasteiger partial charge in [-0.15, -0.1) is 0 Å². The highest BCUT2D eigenvalue weighted by Gasteiger charge is 2.12. The molecule has 0 fully saturated rings. The van der Waals surface area contributed by atoms with Gasteiger partial charge in [0.25, 0.3) is 5.91 Å². The smallest absolute Gasteiger partial charge is 0.251 e. The van der Waals surface area contributed by atoms with Crippen molar-refractivity contribution in [3.05, 3.63) is 0 Å². The summed E-state index contributed by atoms with van der Waals surface area (Å²) in [5, 5.41) is 2.45. The molecule has 0 spiro atoms. The third-order valence-electron chi connectivity index (χ3n) is 0.636. The highest BCUT2D eigenvalue weighted by Crippen LogP contribution is 1.97. The molecule has 1 amide bonds. The van der Waals surface area contributed by atoms with Crippen molar-refractivity contribution in [1.29, 1.82) is 0 Å². The predicted octanol–water partition coefficient (Wildman–Crippen LogP) is 0.871. The van der Waals surface area contributed by atoms with Crippen molar-refractivity contribution in [3.8, 4) is 0 Å². The van der Waals surface area contributed by atoms with Gasteiger partial charge in [0.2, 0.25) is 0 Å². The van der Waals surface area contributed by atoms with Crippen molar-refractivity contribution in [2.24, 2.45) is 0 Å². The Balaban J connectivity index is 3.60. The third-order valence-corrected chi connectivity index (χ3v) is 0.636. The van der Waals surface area contributed by atoms with E-state index in [0.29, 0.717) is 0 Å². The van der Waals surface area contributed by atoms with Crippen LogP contribution in [0.15, 0.2) is 0 Å². The van der Waals surface area contributed by atoms with Gasteiger partial charge in [-0.05, 0) is 20.8 Å². The average Bonchev–Trinajstić information content (AvgIpc) is 1.62. The zero-order valence-corrected chi connectivity index (χ0v) is 5.99. The van der Waals surface area contributed by atoms with E-state index in [4.69, 9.17) is 0 Å². The molecular formula is C6H12FNO. The maximum Gasteiger partial charge on any atom is 0.251 e. The van der Waals surface area contributed by atoms with Crippen LogP contribution in [0.1, 0.15) is 20.8 Å². The number of hydrogen-bond acceptors (Lipinski definition) is 1. The van der Waals surface area contributed by atoms with Crippen LogP contribution in [0.5, 0.6) is 0 Å². The average molecular weight is 133 g/mol. The summed E-state index contributed by atoms with van der Waals surface area (Å²) < 4.78 is 11.5. The van der Waals surface area contributed by atoms with Gasteiger partial charge in [0, 0.05) is 5.54 Å². The molecule has 0 aliphatic carbocycles. The molecule has 1 N–H and O–H groups in total. The SMILES string of the molecule is CC(C)(C)NC(=O)CF. The molecule has 2 nitrogen and oxygen atoms in total. The maximum absolute atomic E-state index is 11.5. The highest BCUT2D eigenvalue weighted by atomic mass is 19.1. The fourth-order valence-electron chi connectivity index (χ4n) is 0.452. The van der Waals surface area contributed by atoms with Crippen molar-refractivity contribution in [3.63, 3.8) is 0 Å². The Labute approximate surface area is 54.4 Å². The van der Waals surface area contributed by atoms with Crippen molar-refractivity contribution in [2.75, 3.05) is 6.67 Å². The Morgan fingerprint density at radius 2 is 2.00 bits per heavy atom. The van der Waals surface area contributed by atoms with Gasteiger partial charge >= 0.3 is 0 Å². The van der Waals surface area contributed by atoms with E-state index >= 15 is 0 Å². The van der Waals surface area contributed by atoms with Crippen LogP contribution in [0.4, 0.5) is 4.39 Å². The van der Waals surface area contributed by atoms with Gasteiger partial charge in [-0.3, -0.25) is 4.79 Å². The number of carbonyl (C=O) groups is 1. The van der Waals surface area contributed by atoms with Crippen LogP contribution >= 0.6 is 0 Å². The minimum atomic E-state index is -0.933. The standard InChI is InChI=1S/C6H12FNO/c1-6(2,3)8-5(9)4-7/h4H2,1-3H3,(H,8,9). The molecule has 0 bridgehead atoms. The summed E-state index contributed by atoms with van der Waals surface area (Å²) >= 11 is 0. The molecule has 0 aliphatic heterocycles. The topological polar surface area (TPSA) is 29.1 Å². The predicted molar refractivity (Wildman–Crippen MR) is 33.9 cm³/mol. The van der Waals surface area contributed by atoms with Crippen molar-refractivity contribution in [1.82, 2.24) is 5.32 Å². The molecule has 0 atom stereocenters. The zero-order chi connectivity index (χ0) is 7.49. The van der Waals surface area contributed by atoms with E-state index in [1.54, 1.807) is 20.8 Å². The lowest BCUT2D eigenvalue weighted by molar-refractivity contribution is -0.123. The fourth-order valence-corrected chi connectivity index (χ4v) is 0.452. The van der Waals surface area contributed by atoms with Crippen LogP contribution in [0.25, 0.3) is 0 Å². The molecular weight excluding hydrogens is 121 g/mol. The number of nitrogens with one attached hydrogen (secondary N) is 1. The van der Waals surface area contributed by atoms with Crippen LogP contribution in [0, 0.1) is 0 Å². The summed E-state index contributed by atoms with van der Waals surface area (Å²) in [7, 11) is 0. The maximum atomic E-state index is 11.5.